The smallest absolute Gasteiger partial charge is 0.115 e. The molecule has 2 rings (SSSR count). The molecule has 18 heavy (non-hydrogen) atoms. The quantitative estimate of drug-likeness (QED) is 0.864. The van der Waals surface area contributed by atoms with Crippen molar-refractivity contribution in [2.45, 2.75) is 32.7 Å². The van der Waals surface area contributed by atoms with E-state index >= 15 is 0 Å². The van der Waals surface area contributed by atoms with Gasteiger partial charge in [-0.3, -0.25) is 0 Å². The number of nitrogens with zero attached hydrogens (tertiary/aromatic N) is 1. The molecular formula is C15H24N2O. The lowest BCUT2D eigenvalue weighted by Crippen LogP contribution is -2.41. The van der Waals surface area contributed by atoms with Gasteiger partial charge in [-0.25, -0.2) is 0 Å². The third-order valence-corrected chi connectivity index (χ3v) is 4.37. The topological polar surface area (TPSA) is 49.5 Å². The Morgan fingerprint density at radius 1 is 1.33 bits per heavy atom. The van der Waals surface area contributed by atoms with Gasteiger partial charge in [-0.15, -0.1) is 0 Å². The van der Waals surface area contributed by atoms with Gasteiger partial charge in [0, 0.05) is 25.3 Å². The average Bonchev–Trinajstić information content (AvgIpc) is 2.57. The third kappa shape index (κ3) is 2.61. The zero-order valence-electron chi connectivity index (χ0n) is 11.6. The zero-order chi connectivity index (χ0) is 13.3. The van der Waals surface area contributed by atoms with Crippen LogP contribution in [0.25, 0.3) is 0 Å². The Morgan fingerprint density at radius 2 is 1.94 bits per heavy atom. The second kappa shape index (κ2) is 4.81. The lowest BCUT2D eigenvalue weighted by atomic mass is 9.85. The summed E-state index contributed by atoms with van der Waals surface area (Å²) in [5, 5.41) is 9.29. The highest BCUT2D eigenvalue weighted by Gasteiger charge is 2.39. The second-order valence-corrected chi connectivity index (χ2v) is 6.21. The molecule has 2 unspecified atom stereocenters. The summed E-state index contributed by atoms with van der Waals surface area (Å²) in [6, 6.07) is 7.62. The first-order valence-corrected chi connectivity index (χ1v) is 6.66. The Balaban J connectivity index is 2.00. The number of aromatic hydroxyl groups is 1. The number of phenols is 1. The molecule has 1 aromatic rings. The number of hydrogen-bond acceptors (Lipinski definition) is 3. The Labute approximate surface area is 110 Å². The first kappa shape index (κ1) is 13.2. The molecular weight excluding hydrogens is 224 g/mol. The van der Waals surface area contributed by atoms with Gasteiger partial charge in [0.15, 0.2) is 0 Å². The van der Waals surface area contributed by atoms with E-state index in [9.17, 15) is 5.11 Å². The molecule has 0 aromatic heterocycles. The molecule has 0 spiro atoms. The van der Waals surface area contributed by atoms with Crippen LogP contribution in [0.15, 0.2) is 24.3 Å². The normalized spacial score (nSPS) is 26.2. The Bertz CT molecular complexity index is 399. The van der Waals surface area contributed by atoms with Crippen LogP contribution < -0.4 is 10.6 Å². The predicted octanol–water partition coefficient (Wildman–Crippen LogP) is 2.59. The fourth-order valence-corrected chi connectivity index (χ4v) is 2.91. The van der Waals surface area contributed by atoms with Crippen molar-refractivity contribution in [1.29, 1.82) is 0 Å². The molecule has 3 heteroatoms. The van der Waals surface area contributed by atoms with E-state index in [4.69, 9.17) is 5.73 Å². The standard InChI is InChI=1S/C15H24N2O/c1-15(2)9-8-11(14(15)16)10-17(3)12-4-6-13(18)7-5-12/h4-7,11,14,18H,8-10,16H2,1-3H3. The maximum atomic E-state index is 9.29. The van der Waals surface area contributed by atoms with Crippen LogP contribution in [0.1, 0.15) is 26.7 Å². The van der Waals surface area contributed by atoms with Gasteiger partial charge in [0.1, 0.15) is 5.75 Å². The van der Waals surface area contributed by atoms with E-state index in [0.29, 0.717) is 11.7 Å². The summed E-state index contributed by atoms with van der Waals surface area (Å²) in [6.07, 6.45) is 2.42. The van der Waals surface area contributed by atoms with Gasteiger partial charge in [0.05, 0.1) is 0 Å². The SMILES string of the molecule is CN(CC1CCC(C)(C)C1N)c1ccc(O)cc1. The fourth-order valence-electron chi connectivity index (χ4n) is 2.91. The van der Waals surface area contributed by atoms with Gasteiger partial charge in [0.25, 0.3) is 0 Å². The molecule has 0 bridgehead atoms. The van der Waals surface area contributed by atoms with Crippen LogP contribution in [0.4, 0.5) is 5.69 Å². The van der Waals surface area contributed by atoms with Gasteiger partial charge in [-0.2, -0.15) is 0 Å². The van der Waals surface area contributed by atoms with Crippen molar-refractivity contribution in [3.8, 4) is 5.75 Å². The predicted molar refractivity (Wildman–Crippen MR) is 75.9 cm³/mol. The highest BCUT2D eigenvalue weighted by atomic mass is 16.3. The maximum Gasteiger partial charge on any atom is 0.115 e. The molecule has 1 aromatic carbocycles. The Kier molecular flexibility index (Phi) is 3.53. The highest BCUT2D eigenvalue weighted by molar-refractivity contribution is 5.48. The first-order valence-electron chi connectivity index (χ1n) is 6.66. The van der Waals surface area contributed by atoms with Crippen molar-refractivity contribution in [3.63, 3.8) is 0 Å². The van der Waals surface area contributed by atoms with Crippen molar-refractivity contribution in [3.05, 3.63) is 24.3 Å². The van der Waals surface area contributed by atoms with Crippen LogP contribution in [0.5, 0.6) is 5.75 Å². The van der Waals surface area contributed by atoms with Crippen molar-refractivity contribution in [2.75, 3.05) is 18.5 Å². The molecule has 1 aliphatic carbocycles. The summed E-state index contributed by atoms with van der Waals surface area (Å²) in [7, 11) is 2.09. The molecule has 0 heterocycles. The molecule has 2 atom stereocenters. The van der Waals surface area contributed by atoms with E-state index in [1.165, 1.54) is 12.8 Å². The molecule has 0 aliphatic heterocycles. The highest BCUT2D eigenvalue weighted by Crippen LogP contribution is 2.40. The van der Waals surface area contributed by atoms with Gasteiger partial charge in [-0.05, 0) is 48.4 Å². The molecule has 0 saturated heterocycles. The molecule has 1 saturated carbocycles. The summed E-state index contributed by atoms with van der Waals surface area (Å²) in [6.45, 7) is 5.51. The lowest BCUT2D eigenvalue weighted by molar-refractivity contribution is 0.301. The van der Waals surface area contributed by atoms with Crippen molar-refractivity contribution in [2.24, 2.45) is 17.1 Å². The second-order valence-electron chi connectivity index (χ2n) is 6.21. The number of hydrogen-bond donors (Lipinski definition) is 2. The average molecular weight is 248 g/mol. The molecule has 3 nitrogen and oxygen atoms in total. The monoisotopic (exact) mass is 248 g/mol. The summed E-state index contributed by atoms with van der Waals surface area (Å²) in [4.78, 5) is 2.23. The van der Waals surface area contributed by atoms with Crippen LogP contribution >= 0.6 is 0 Å². The number of benzene rings is 1. The molecule has 100 valence electrons. The first-order chi connectivity index (χ1) is 8.40. The fraction of sp³-hybridized carbons (Fsp3) is 0.600. The molecule has 0 radical (unpaired) electrons. The number of anilines is 1. The minimum Gasteiger partial charge on any atom is -0.508 e. The van der Waals surface area contributed by atoms with Crippen molar-refractivity contribution >= 4 is 5.69 Å². The zero-order valence-corrected chi connectivity index (χ0v) is 11.6. The summed E-state index contributed by atoms with van der Waals surface area (Å²) in [5.41, 5.74) is 7.73. The Hall–Kier alpha value is -1.22. The van der Waals surface area contributed by atoms with Crippen LogP contribution in [0, 0.1) is 11.3 Å². The van der Waals surface area contributed by atoms with E-state index in [2.05, 4.69) is 25.8 Å². The Morgan fingerprint density at radius 3 is 2.44 bits per heavy atom. The number of rotatable bonds is 3. The third-order valence-electron chi connectivity index (χ3n) is 4.37. The van der Waals surface area contributed by atoms with Crippen LogP contribution in [0.2, 0.25) is 0 Å². The van der Waals surface area contributed by atoms with Gasteiger partial charge >= 0.3 is 0 Å². The largest absolute Gasteiger partial charge is 0.508 e. The summed E-state index contributed by atoms with van der Waals surface area (Å²) >= 11 is 0. The minimum atomic E-state index is 0.264. The van der Waals surface area contributed by atoms with Gasteiger partial charge in [0.2, 0.25) is 0 Å². The molecule has 1 fully saturated rings. The summed E-state index contributed by atoms with van der Waals surface area (Å²) < 4.78 is 0. The van der Waals surface area contributed by atoms with Gasteiger partial charge < -0.3 is 15.7 Å². The van der Waals surface area contributed by atoms with E-state index in [1.807, 2.05) is 12.1 Å². The minimum absolute atomic E-state index is 0.264. The maximum absolute atomic E-state index is 9.29. The van der Waals surface area contributed by atoms with Gasteiger partial charge in [-0.1, -0.05) is 13.8 Å². The van der Waals surface area contributed by atoms with Crippen LogP contribution in [-0.4, -0.2) is 24.7 Å². The van der Waals surface area contributed by atoms with E-state index in [-0.39, 0.29) is 11.5 Å². The van der Waals surface area contributed by atoms with Crippen LogP contribution in [0.3, 0.4) is 0 Å². The van der Waals surface area contributed by atoms with E-state index in [1.54, 1.807) is 12.1 Å². The lowest BCUT2D eigenvalue weighted by Gasteiger charge is -2.30. The molecule has 3 N–H and O–H groups in total. The van der Waals surface area contributed by atoms with E-state index in [0.717, 1.165) is 12.2 Å². The number of phenolic OH excluding ortho intramolecular Hbond substituents is 1. The van der Waals surface area contributed by atoms with Crippen LogP contribution in [-0.2, 0) is 0 Å². The molecule has 0 amide bonds. The summed E-state index contributed by atoms with van der Waals surface area (Å²) in [5.74, 6) is 0.865. The van der Waals surface area contributed by atoms with E-state index < -0.39 is 0 Å². The molecule has 1 aliphatic rings. The van der Waals surface area contributed by atoms with Crippen molar-refractivity contribution in [1.82, 2.24) is 0 Å². The number of nitrogens with two attached hydrogens (primary N) is 1. The van der Waals surface area contributed by atoms with Crippen molar-refractivity contribution < 1.29 is 5.11 Å².